The molecule has 0 radical (unpaired) electrons. The van der Waals surface area contributed by atoms with E-state index in [2.05, 4.69) is 29.2 Å². The number of rotatable bonds is 4. The van der Waals surface area contributed by atoms with Crippen molar-refractivity contribution in [2.75, 3.05) is 7.11 Å². The van der Waals surface area contributed by atoms with Gasteiger partial charge in [0.1, 0.15) is 0 Å². The molecule has 0 unspecified atom stereocenters. The largest absolute Gasteiger partial charge is 0.465 e. The minimum absolute atomic E-state index is 0.361. The molecule has 4 aromatic carbocycles. The quantitative estimate of drug-likeness (QED) is 0.330. The smallest absolute Gasteiger partial charge is 0.340 e. The summed E-state index contributed by atoms with van der Waals surface area (Å²) in [4.78, 5) is 16.7. The Morgan fingerprint density at radius 2 is 1.29 bits per heavy atom. The van der Waals surface area contributed by atoms with E-state index in [1.807, 2.05) is 78.9 Å². The normalized spacial score (nSPS) is 10.9. The molecule has 3 nitrogen and oxygen atoms in total. The van der Waals surface area contributed by atoms with E-state index >= 15 is 0 Å². The van der Waals surface area contributed by atoms with Gasteiger partial charge in [0.15, 0.2) is 0 Å². The molecule has 0 fully saturated rings. The maximum atomic E-state index is 13.1. The van der Waals surface area contributed by atoms with E-state index in [4.69, 9.17) is 4.74 Å². The third kappa shape index (κ3) is 3.30. The van der Waals surface area contributed by atoms with Crippen molar-refractivity contribution in [3.8, 4) is 33.6 Å². The van der Waals surface area contributed by atoms with E-state index in [1.165, 1.54) is 7.11 Å². The van der Waals surface area contributed by atoms with Crippen LogP contribution in [0.1, 0.15) is 10.4 Å². The minimum Gasteiger partial charge on any atom is -0.465 e. The summed E-state index contributed by atoms with van der Waals surface area (Å²) in [5.74, 6) is -0.361. The molecule has 0 saturated heterocycles. The zero-order chi connectivity index (χ0) is 21.2. The van der Waals surface area contributed by atoms with Crippen LogP contribution < -0.4 is 0 Å². The van der Waals surface area contributed by atoms with E-state index < -0.39 is 0 Å². The average molecular weight is 403 g/mol. The number of hydrogen-bond donors (Lipinski definition) is 1. The Morgan fingerprint density at radius 1 is 0.677 bits per heavy atom. The summed E-state index contributed by atoms with van der Waals surface area (Å²) in [5, 5.41) is 2.27. The summed E-state index contributed by atoms with van der Waals surface area (Å²) in [6.07, 6.45) is 0. The number of benzene rings is 4. The predicted molar refractivity (Wildman–Crippen MR) is 126 cm³/mol. The molecule has 0 atom stereocenters. The van der Waals surface area contributed by atoms with Gasteiger partial charge in [0, 0.05) is 11.1 Å². The van der Waals surface area contributed by atoms with Gasteiger partial charge in [0.2, 0.25) is 0 Å². The van der Waals surface area contributed by atoms with Crippen LogP contribution in [0.4, 0.5) is 0 Å². The van der Waals surface area contributed by atoms with Crippen molar-refractivity contribution < 1.29 is 9.53 Å². The van der Waals surface area contributed by atoms with E-state index in [9.17, 15) is 4.79 Å². The average Bonchev–Trinajstić information content (AvgIpc) is 3.25. The molecule has 31 heavy (non-hydrogen) atoms. The third-order valence-corrected chi connectivity index (χ3v) is 5.57. The third-order valence-electron chi connectivity index (χ3n) is 5.57. The van der Waals surface area contributed by atoms with Crippen molar-refractivity contribution in [2.45, 2.75) is 0 Å². The summed E-state index contributed by atoms with van der Waals surface area (Å²) in [6, 6.07) is 34.4. The second-order valence-electron chi connectivity index (χ2n) is 7.38. The van der Waals surface area contributed by atoms with Gasteiger partial charge >= 0.3 is 5.97 Å². The molecular weight excluding hydrogens is 382 g/mol. The first-order valence-electron chi connectivity index (χ1n) is 10.2. The Hall–Kier alpha value is -4.11. The molecule has 150 valence electrons. The highest BCUT2D eigenvalue weighted by Crippen LogP contribution is 2.42. The van der Waals surface area contributed by atoms with Crippen molar-refractivity contribution in [3.05, 3.63) is 109 Å². The number of carbonyl (C=O) groups is 1. The molecule has 1 aromatic heterocycles. The molecule has 0 spiro atoms. The fourth-order valence-electron chi connectivity index (χ4n) is 4.17. The second-order valence-corrected chi connectivity index (χ2v) is 7.38. The summed E-state index contributed by atoms with van der Waals surface area (Å²) in [5.41, 5.74) is 6.00. The van der Waals surface area contributed by atoms with Gasteiger partial charge in [-0.25, -0.2) is 4.79 Å². The first-order chi connectivity index (χ1) is 15.3. The van der Waals surface area contributed by atoms with Gasteiger partial charge in [-0.3, -0.25) is 0 Å². The number of hydrogen-bond acceptors (Lipinski definition) is 2. The van der Waals surface area contributed by atoms with Crippen molar-refractivity contribution in [1.29, 1.82) is 0 Å². The van der Waals surface area contributed by atoms with Gasteiger partial charge in [-0.05, 0) is 21.9 Å². The van der Waals surface area contributed by atoms with E-state index in [-0.39, 0.29) is 5.97 Å². The van der Waals surface area contributed by atoms with Crippen LogP contribution in [-0.2, 0) is 4.74 Å². The molecular formula is C28H21NO2. The monoisotopic (exact) mass is 403 g/mol. The molecule has 1 N–H and O–H groups in total. The summed E-state index contributed by atoms with van der Waals surface area (Å²) < 4.78 is 5.24. The first kappa shape index (κ1) is 18.9. The van der Waals surface area contributed by atoms with E-state index in [0.717, 1.165) is 44.4 Å². The Labute approximate surface area is 180 Å². The number of fused-ring (bicyclic) bond motifs is 1. The number of carbonyl (C=O) groups excluding carboxylic acids is 1. The molecule has 5 rings (SSSR count). The van der Waals surface area contributed by atoms with Crippen LogP contribution in [0.3, 0.4) is 0 Å². The zero-order valence-electron chi connectivity index (χ0n) is 17.1. The number of H-pyrrole nitrogens is 1. The molecule has 0 amide bonds. The van der Waals surface area contributed by atoms with Gasteiger partial charge in [-0.2, -0.15) is 0 Å². The molecule has 0 aliphatic carbocycles. The highest BCUT2D eigenvalue weighted by Gasteiger charge is 2.27. The molecule has 3 heteroatoms. The number of esters is 1. The van der Waals surface area contributed by atoms with Gasteiger partial charge < -0.3 is 9.72 Å². The maximum absolute atomic E-state index is 13.1. The number of ether oxygens (including phenoxy) is 1. The van der Waals surface area contributed by atoms with Crippen LogP contribution in [0, 0.1) is 0 Å². The molecule has 0 bridgehead atoms. The van der Waals surface area contributed by atoms with Crippen molar-refractivity contribution in [3.63, 3.8) is 0 Å². The number of methoxy groups -OCH3 is 1. The number of aromatic nitrogens is 1. The lowest BCUT2D eigenvalue weighted by Gasteiger charge is -2.10. The van der Waals surface area contributed by atoms with Gasteiger partial charge in [0.25, 0.3) is 0 Å². The first-order valence-corrected chi connectivity index (χ1v) is 10.2. The fourth-order valence-corrected chi connectivity index (χ4v) is 4.17. The van der Waals surface area contributed by atoms with Crippen LogP contribution >= 0.6 is 0 Å². The predicted octanol–water partition coefficient (Wildman–Crippen LogP) is 6.96. The van der Waals surface area contributed by atoms with Crippen molar-refractivity contribution in [2.24, 2.45) is 0 Å². The molecule has 0 aliphatic rings. The topological polar surface area (TPSA) is 42.1 Å². The van der Waals surface area contributed by atoms with Crippen molar-refractivity contribution >= 4 is 16.7 Å². The van der Waals surface area contributed by atoms with Crippen LogP contribution in [-0.4, -0.2) is 18.1 Å². The van der Waals surface area contributed by atoms with Crippen molar-refractivity contribution in [1.82, 2.24) is 4.98 Å². The van der Waals surface area contributed by atoms with Gasteiger partial charge in [0.05, 0.1) is 24.1 Å². The SMILES string of the molecule is COC(=O)c1c(-c2ccccc2)[nH]c(-c2cccc3ccccc23)c1-c1ccccc1. The molecule has 0 aliphatic heterocycles. The Morgan fingerprint density at radius 3 is 2.00 bits per heavy atom. The zero-order valence-corrected chi connectivity index (χ0v) is 17.1. The van der Waals surface area contributed by atoms with E-state index in [1.54, 1.807) is 0 Å². The summed E-state index contributed by atoms with van der Waals surface area (Å²) in [6.45, 7) is 0. The Kier molecular flexibility index (Phi) is 4.85. The van der Waals surface area contributed by atoms with E-state index in [0.29, 0.717) is 5.56 Å². The highest BCUT2D eigenvalue weighted by atomic mass is 16.5. The number of aromatic amines is 1. The van der Waals surface area contributed by atoms with Crippen LogP contribution in [0.15, 0.2) is 103 Å². The lowest BCUT2D eigenvalue weighted by atomic mass is 9.93. The number of nitrogens with one attached hydrogen (secondary N) is 1. The Balaban J connectivity index is 1.90. The van der Waals surface area contributed by atoms with Crippen LogP contribution in [0.2, 0.25) is 0 Å². The van der Waals surface area contributed by atoms with Crippen LogP contribution in [0.25, 0.3) is 44.4 Å². The van der Waals surface area contributed by atoms with Gasteiger partial charge in [-0.15, -0.1) is 0 Å². The van der Waals surface area contributed by atoms with Gasteiger partial charge in [-0.1, -0.05) is 103 Å². The molecule has 5 aromatic rings. The lowest BCUT2D eigenvalue weighted by molar-refractivity contribution is 0.0602. The van der Waals surface area contributed by atoms with Crippen LogP contribution in [0.5, 0.6) is 0 Å². The standard InChI is InChI=1S/C28H21NO2/c1-31-28(30)25-24(20-12-4-2-5-13-20)27(29-26(25)21-14-6-3-7-15-21)23-18-10-16-19-11-8-9-17-22(19)23/h2-18,29H,1H3. The summed E-state index contributed by atoms with van der Waals surface area (Å²) in [7, 11) is 1.43. The molecule has 0 saturated carbocycles. The summed E-state index contributed by atoms with van der Waals surface area (Å²) >= 11 is 0. The Bertz CT molecular complexity index is 1360. The lowest BCUT2D eigenvalue weighted by Crippen LogP contribution is -2.03. The maximum Gasteiger partial charge on any atom is 0.340 e. The second kappa shape index (κ2) is 7.96. The highest BCUT2D eigenvalue weighted by molar-refractivity contribution is 6.10. The minimum atomic E-state index is -0.361. The molecule has 1 heterocycles. The fraction of sp³-hybridized carbons (Fsp3) is 0.0357.